The minimum atomic E-state index is -0.871. The third-order valence-corrected chi connectivity index (χ3v) is 5.28. The fourth-order valence-electron chi connectivity index (χ4n) is 4.03. The molecule has 3 nitrogen and oxygen atoms in total. The second-order valence-corrected chi connectivity index (χ2v) is 7.88. The molecular formula is C20H19ClN2O. The molecule has 0 aliphatic carbocycles. The minimum Gasteiger partial charge on any atom is -0.314 e. The van der Waals surface area contributed by atoms with Crippen LogP contribution in [0.5, 0.6) is 0 Å². The second-order valence-electron chi connectivity index (χ2n) is 7.48. The first-order valence-electron chi connectivity index (χ1n) is 8.06. The number of carbonyl (C=O) groups is 1. The highest BCUT2D eigenvalue weighted by molar-refractivity contribution is 6.36. The van der Waals surface area contributed by atoms with Gasteiger partial charge in [-0.2, -0.15) is 0 Å². The van der Waals surface area contributed by atoms with Gasteiger partial charge in [0.15, 0.2) is 0 Å². The van der Waals surface area contributed by atoms with E-state index in [1.807, 2.05) is 49.5 Å². The number of amides is 1. The Balaban J connectivity index is 2.16. The summed E-state index contributed by atoms with van der Waals surface area (Å²) in [6.45, 7) is 6.30. The van der Waals surface area contributed by atoms with Gasteiger partial charge < -0.3 is 4.90 Å². The summed E-state index contributed by atoms with van der Waals surface area (Å²) < 4.78 is 0. The normalized spacial score (nSPS) is 22.0. The zero-order valence-corrected chi connectivity index (χ0v) is 15.0. The van der Waals surface area contributed by atoms with Gasteiger partial charge >= 0.3 is 0 Å². The molecule has 0 N–H and O–H groups in total. The molecule has 2 aliphatic heterocycles. The van der Waals surface area contributed by atoms with E-state index in [9.17, 15) is 4.79 Å². The van der Waals surface area contributed by atoms with E-state index in [0.29, 0.717) is 5.02 Å². The number of halogens is 1. The van der Waals surface area contributed by atoms with E-state index in [1.54, 1.807) is 4.90 Å². The molecule has 0 bridgehead atoms. The molecule has 4 heteroatoms. The zero-order valence-electron chi connectivity index (χ0n) is 14.2. The van der Waals surface area contributed by atoms with Crippen LogP contribution in [0.25, 0.3) is 0 Å². The van der Waals surface area contributed by atoms with Crippen LogP contribution in [0, 0.1) is 5.41 Å². The van der Waals surface area contributed by atoms with E-state index < -0.39 is 5.41 Å². The fraction of sp³-hybridized carbons (Fsp3) is 0.300. The quantitative estimate of drug-likeness (QED) is 0.683. The lowest BCUT2D eigenvalue weighted by Crippen LogP contribution is -2.48. The Hall–Kier alpha value is -2.13. The van der Waals surface area contributed by atoms with E-state index in [4.69, 9.17) is 16.6 Å². The van der Waals surface area contributed by atoms with Gasteiger partial charge in [-0.1, -0.05) is 62.7 Å². The van der Waals surface area contributed by atoms with Crippen LogP contribution in [0.2, 0.25) is 5.02 Å². The highest BCUT2D eigenvalue weighted by Gasteiger charge is 2.60. The molecule has 1 unspecified atom stereocenters. The lowest BCUT2D eigenvalue weighted by Gasteiger charge is -2.33. The Bertz CT molecular complexity index is 910. The lowest BCUT2D eigenvalue weighted by atomic mass is 9.66. The molecule has 1 amide bonds. The van der Waals surface area contributed by atoms with Crippen LogP contribution >= 0.6 is 11.6 Å². The highest BCUT2D eigenvalue weighted by Crippen LogP contribution is 2.56. The van der Waals surface area contributed by atoms with E-state index in [0.717, 1.165) is 28.2 Å². The molecule has 2 aromatic carbocycles. The van der Waals surface area contributed by atoms with E-state index in [2.05, 4.69) is 20.8 Å². The Labute approximate surface area is 147 Å². The number of anilines is 1. The summed E-state index contributed by atoms with van der Waals surface area (Å²) in [6, 6.07) is 13.7. The summed E-state index contributed by atoms with van der Waals surface area (Å²) in [7, 11) is 1.83. The summed E-state index contributed by atoms with van der Waals surface area (Å²) in [6.07, 6.45) is 0. The van der Waals surface area contributed by atoms with Gasteiger partial charge in [-0.3, -0.25) is 9.79 Å². The molecule has 2 heterocycles. The van der Waals surface area contributed by atoms with Crippen molar-refractivity contribution in [3.05, 3.63) is 58.6 Å². The van der Waals surface area contributed by atoms with Crippen LogP contribution in [0.4, 0.5) is 11.4 Å². The molecule has 2 aromatic rings. The molecule has 0 aromatic heterocycles. The summed E-state index contributed by atoms with van der Waals surface area (Å²) in [5, 5.41) is 0.589. The number of carbonyl (C=O) groups excluding carboxylic acids is 1. The maximum absolute atomic E-state index is 13.5. The van der Waals surface area contributed by atoms with Gasteiger partial charge in [0, 0.05) is 35.0 Å². The average Bonchev–Trinajstić information content (AvgIpc) is 3.00. The van der Waals surface area contributed by atoms with Crippen molar-refractivity contribution in [2.45, 2.75) is 26.2 Å². The van der Waals surface area contributed by atoms with Crippen molar-refractivity contribution < 1.29 is 4.79 Å². The van der Waals surface area contributed by atoms with Crippen molar-refractivity contribution in [2.75, 3.05) is 11.9 Å². The van der Waals surface area contributed by atoms with Crippen molar-refractivity contribution in [3.63, 3.8) is 0 Å². The average molecular weight is 339 g/mol. The molecule has 24 heavy (non-hydrogen) atoms. The molecule has 1 atom stereocenters. The molecule has 0 radical (unpaired) electrons. The third kappa shape index (κ3) is 1.68. The van der Waals surface area contributed by atoms with Gasteiger partial charge in [0.1, 0.15) is 5.41 Å². The van der Waals surface area contributed by atoms with Gasteiger partial charge in [0.2, 0.25) is 5.91 Å². The molecule has 0 saturated heterocycles. The standard InChI is InChI=1S/C20H19ClN2O/c1-19(2,3)17-20(13-9-7-10-14(21)16(13)22-17)12-8-5-6-11-15(12)23(4)18(20)24/h5-11H,1-4H3. The number of nitrogens with zero attached hydrogens (tertiary/aromatic N) is 2. The van der Waals surface area contributed by atoms with E-state index in [-0.39, 0.29) is 11.3 Å². The van der Waals surface area contributed by atoms with Crippen LogP contribution in [-0.4, -0.2) is 18.7 Å². The Morgan fingerprint density at radius 2 is 1.71 bits per heavy atom. The Kier molecular flexibility index (Phi) is 3.02. The monoisotopic (exact) mass is 338 g/mol. The lowest BCUT2D eigenvalue weighted by molar-refractivity contribution is -0.119. The molecular weight excluding hydrogens is 320 g/mol. The Morgan fingerprint density at radius 3 is 2.42 bits per heavy atom. The van der Waals surface area contributed by atoms with Crippen molar-refractivity contribution in [3.8, 4) is 0 Å². The van der Waals surface area contributed by atoms with Gasteiger partial charge in [-0.15, -0.1) is 0 Å². The van der Waals surface area contributed by atoms with Gasteiger partial charge in [0.05, 0.1) is 10.7 Å². The minimum absolute atomic E-state index is 0.0402. The summed E-state index contributed by atoms with van der Waals surface area (Å²) in [5.41, 5.74) is 3.27. The summed E-state index contributed by atoms with van der Waals surface area (Å²) in [4.78, 5) is 20.1. The van der Waals surface area contributed by atoms with Crippen LogP contribution in [0.15, 0.2) is 47.5 Å². The van der Waals surface area contributed by atoms with Crippen molar-refractivity contribution in [1.82, 2.24) is 0 Å². The predicted molar refractivity (Wildman–Crippen MR) is 98.6 cm³/mol. The molecule has 0 saturated carbocycles. The highest BCUT2D eigenvalue weighted by atomic mass is 35.5. The third-order valence-electron chi connectivity index (χ3n) is 4.97. The maximum Gasteiger partial charge on any atom is 0.247 e. The number of rotatable bonds is 0. The van der Waals surface area contributed by atoms with Crippen molar-refractivity contribution in [2.24, 2.45) is 10.4 Å². The zero-order chi connectivity index (χ0) is 17.3. The maximum atomic E-state index is 13.5. The molecule has 2 aliphatic rings. The van der Waals surface area contributed by atoms with Crippen molar-refractivity contribution >= 4 is 34.6 Å². The van der Waals surface area contributed by atoms with E-state index >= 15 is 0 Å². The molecule has 0 fully saturated rings. The number of aliphatic imine (C=N–C) groups is 1. The van der Waals surface area contributed by atoms with E-state index in [1.165, 1.54) is 0 Å². The van der Waals surface area contributed by atoms with Crippen molar-refractivity contribution in [1.29, 1.82) is 0 Å². The largest absolute Gasteiger partial charge is 0.314 e. The second kappa shape index (κ2) is 4.70. The molecule has 1 spiro atoms. The number of benzene rings is 2. The van der Waals surface area contributed by atoms with Gasteiger partial charge in [-0.25, -0.2) is 0 Å². The van der Waals surface area contributed by atoms with Crippen LogP contribution in [0.3, 0.4) is 0 Å². The van der Waals surface area contributed by atoms with Crippen LogP contribution in [0.1, 0.15) is 31.9 Å². The topological polar surface area (TPSA) is 32.7 Å². The summed E-state index contributed by atoms with van der Waals surface area (Å²) in [5.74, 6) is 0.0402. The summed E-state index contributed by atoms with van der Waals surface area (Å²) >= 11 is 6.43. The van der Waals surface area contributed by atoms with Gasteiger partial charge in [0.25, 0.3) is 0 Å². The first-order chi connectivity index (χ1) is 11.3. The Morgan fingerprint density at radius 1 is 1.04 bits per heavy atom. The SMILES string of the molecule is CN1C(=O)C2(C(C(C)(C)C)=Nc3c(Cl)cccc32)c2ccccc21. The number of likely N-dealkylation sites (N-methyl/N-ethyl adjacent to an activating group) is 1. The first-order valence-corrected chi connectivity index (χ1v) is 8.43. The first kappa shape index (κ1) is 15.4. The number of hydrogen-bond acceptors (Lipinski definition) is 2. The molecule has 4 rings (SSSR count). The van der Waals surface area contributed by atoms with Gasteiger partial charge in [-0.05, 0) is 12.1 Å². The predicted octanol–water partition coefficient (Wildman–Crippen LogP) is 4.73. The number of fused-ring (bicyclic) bond motifs is 4. The number of para-hydroxylation sites is 2. The smallest absolute Gasteiger partial charge is 0.247 e. The van der Waals surface area contributed by atoms with Crippen LogP contribution < -0.4 is 4.90 Å². The van der Waals surface area contributed by atoms with Crippen LogP contribution in [-0.2, 0) is 10.2 Å². The fourth-order valence-corrected chi connectivity index (χ4v) is 4.25. The molecule has 122 valence electrons. The number of hydrogen-bond donors (Lipinski definition) is 0.